The van der Waals surface area contributed by atoms with E-state index in [2.05, 4.69) is 15.9 Å². The van der Waals surface area contributed by atoms with Crippen molar-refractivity contribution >= 4 is 57.0 Å². The highest BCUT2D eigenvalue weighted by molar-refractivity contribution is 9.10. The molecule has 1 fully saturated rings. The van der Waals surface area contributed by atoms with E-state index < -0.39 is 47.9 Å². The van der Waals surface area contributed by atoms with Gasteiger partial charge in [-0.2, -0.15) is 5.01 Å². The largest absolute Gasteiger partial charge is 0.423 e. The lowest BCUT2D eigenvalue weighted by molar-refractivity contribution is -0.154. The van der Waals surface area contributed by atoms with E-state index in [1.165, 1.54) is 36.4 Å². The Labute approximate surface area is 249 Å². The fourth-order valence-electron chi connectivity index (χ4n) is 5.06. The molecule has 0 radical (unpaired) electrons. The summed E-state index contributed by atoms with van der Waals surface area (Å²) in [7, 11) is 0. The van der Waals surface area contributed by atoms with Gasteiger partial charge in [-0.3, -0.25) is 19.2 Å². The van der Waals surface area contributed by atoms with E-state index in [1.54, 1.807) is 36.4 Å². The molecule has 208 valence electrons. The van der Waals surface area contributed by atoms with Crippen LogP contribution >= 0.6 is 27.5 Å². The van der Waals surface area contributed by atoms with Crippen LogP contribution in [0.25, 0.3) is 0 Å². The van der Waals surface area contributed by atoms with E-state index in [4.69, 9.17) is 16.3 Å². The summed E-state index contributed by atoms with van der Waals surface area (Å²) in [5.74, 6) is -4.11. The second-order valence-corrected chi connectivity index (χ2v) is 11.2. The number of allylic oxidation sites excluding steroid dienone is 2. The van der Waals surface area contributed by atoms with Gasteiger partial charge in [0.25, 0.3) is 17.7 Å². The summed E-state index contributed by atoms with van der Waals surface area (Å²) < 4.78 is 6.21. The van der Waals surface area contributed by atoms with Crippen molar-refractivity contribution in [3.05, 3.63) is 111 Å². The standard InChI is InChI=1S/C31H24BrClN2O6/c1-18-5-4-7-24-27(18)30(39)35(29(24)38)34(28(37)23-6-2-3-8-25(23)33)17-26(36)19-11-15-22(16-12-19)41-31(40)20-9-13-21(32)14-10-20/h2-6,8-16,18,24,27H,7,17H2,1H3/t18-,24-,27+/m1/s1. The Morgan fingerprint density at radius 3 is 2.27 bits per heavy atom. The van der Waals surface area contributed by atoms with Gasteiger partial charge in [-0.05, 0) is 73.0 Å². The highest BCUT2D eigenvalue weighted by Crippen LogP contribution is 2.39. The van der Waals surface area contributed by atoms with Gasteiger partial charge in [0.15, 0.2) is 5.78 Å². The van der Waals surface area contributed by atoms with Crippen LogP contribution in [-0.2, 0) is 9.59 Å². The molecule has 2 aliphatic rings. The van der Waals surface area contributed by atoms with Crippen LogP contribution in [0, 0.1) is 17.8 Å². The van der Waals surface area contributed by atoms with Crippen molar-refractivity contribution in [2.45, 2.75) is 13.3 Å². The Kier molecular flexibility index (Phi) is 8.19. The number of nitrogens with zero attached hydrogens (tertiary/aromatic N) is 2. The molecule has 3 amide bonds. The summed E-state index contributed by atoms with van der Waals surface area (Å²) in [5.41, 5.74) is 0.600. The van der Waals surface area contributed by atoms with Crippen molar-refractivity contribution in [2.24, 2.45) is 17.8 Å². The third-order valence-electron chi connectivity index (χ3n) is 7.19. The van der Waals surface area contributed by atoms with Gasteiger partial charge in [-0.25, -0.2) is 9.80 Å². The number of fused-ring (bicyclic) bond motifs is 1. The van der Waals surface area contributed by atoms with Crippen molar-refractivity contribution in [3.8, 4) is 5.75 Å². The zero-order valence-corrected chi connectivity index (χ0v) is 24.2. The number of carbonyl (C=O) groups is 5. The average molecular weight is 636 g/mol. The third kappa shape index (κ3) is 5.73. The number of ketones is 1. The molecule has 41 heavy (non-hydrogen) atoms. The molecule has 1 heterocycles. The molecule has 5 rings (SSSR count). The molecule has 8 nitrogen and oxygen atoms in total. The van der Waals surface area contributed by atoms with Crippen LogP contribution < -0.4 is 4.74 Å². The molecule has 1 aliphatic heterocycles. The van der Waals surface area contributed by atoms with Crippen molar-refractivity contribution in [1.82, 2.24) is 10.0 Å². The maximum atomic E-state index is 13.7. The first-order valence-corrected chi connectivity index (χ1v) is 14.0. The van der Waals surface area contributed by atoms with Crippen LogP contribution in [0.5, 0.6) is 5.75 Å². The lowest BCUT2D eigenvalue weighted by Gasteiger charge is -2.30. The number of hydrazine groups is 1. The van der Waals surface area contributed by atoms with E-state index in [1.807, 2.05) is 19.1 Å². The van der Waals surface area contributed by atoms with Crippen LogP contribution in [0.4, 0.5) is 0 Å². The van der Waals surface area contributed by atoms with Crippen LogP contribution in [0.15, 0.2) is 89.4 Å². The second kappa shape index (κ2) is 11.8. The maximum absolute atomic E-state index is 13.7. The van der Waals surface area contributed by atoms with Gasteiger partial charge in [0.1, 0.15) is 12.3 Å². The zero-order valence-electron chi connectivity index (χ0n) is 21.8. The normalized spacial score (nSPS) is 19.6. The zero-order chi connectivity index (χ0) is 29.3. The Balaban J connectivity index is 1.39. The molecule has 1 aliphatic carbocycles. The minimum Gasteiger partial charge on any atom is -0.423 e. The molecule has 0 spiro atoms. The summed E-state index contributed by atoms with van der Waals surface area (Å²) in [6.07, 6.45) is 4.11. The highest BCUT2D eigenvalue weighted by Gasteiger charge is 2.53. The molecule has 0 unspecified atom stereocenters. The predicted molar refractivity (Wildman–Crippen MR) is 154 cm³/mol. The summed E-state index contributed by atoms with van der Waals surface area (Å²) in [4.78, 5) is 66.5. The van der Waals surface area contributed by atoms with Gasteiger partial charge in [-0.15, -0.1) is 0 Å². The minimum absolute atomic E-state index is 0.0545. The summed E-state index contributed by atoms with van der Waals surface area (Å²) >= 11 is 9.59. The van der Waals surface area contributed by atoms with Gasteiger partial charge in [0.05, 0.1) is 28.0 Å². The number of esters is 1. The minimum atomic E-state index is -0.745. The predicted octanol–water partition coefficient (Wildman–Crippen LogP) is 5.76. The Morgan fingerprint density at radius 2 is 1.61 bits per heavy atom. The number of amides is 3. The van der Waals surface area contributed by atoms with Gasteiger partial charge in [0.2, 0.25) is 0 Å². The molecule has 3 atom stereocenters. The first kappa shape index (κ1) is 28.4. The first-order valence-electron chi connectivity index (χ1n) is 12.9. The molecule has 1 saturated heterocycles. The van der Waals surface area contributed by atoms with Crippen molar-refractivity contribution in [2.75, 3.05) is 6.54 Å². The molecular weight excluding hydrogens is 612 g/mol. The molecule has 0 N–H and O–H groups in total. The Hall–Kier alpha value is -4.08. The lowest BCUT2D eigenvalue weighted by Crippen LogP contribution is -2.52. The SMILES string of the molecule is C[C@@H]1C=CC[C@H]2C(=O)N(N(CC(=O)c3ccc(OC(=O)c4ccc(Br)cc4)cc3)C(=O)c3ccccc3Cl)C(=O)[C@@H]12. The molecule has 3 aromatic rings. The maximum Gasteiger partial charge on any atom is 0.343 e. The third-order valence-corrected chi connectivity index (χ3v) is 8.05. The monoisotopic (exact) mass is 634 g/mol. The fourth-order valence-corrected chi connectivity index (χ4v) is 5.54. The number of imide groups is 1. The average Bonchev–Trinajstić information content (AvgIpc) is 3.22. The van der Waals surface area contributed by atoms with Crippen molar-refractivity contribution in [1.29, 1.82) is 0 Å². The van der Waals surface area contributed by atoms with Crippen LogP contribution in [0.1, 0.15) is 44.4 Å². The number of rotatable bonds is 7. The molecule has 3 aromatic carbocycles. The molecule has 0 bridgehead atoms. The Morgan fingerprint density at radius 1 is 0.951 bits per heavy atom. The van der Waals surface area contributed by atoms with E-state index in [9.17, 15) is 24.0 Å². The quantitative estimate of drug-likeness (QED) is 0.108. The number of hydrogen-bond donors (Lipinski definition) is 0. The number of carbonyl (C=O) groups excluding carboxylic acids is 5. The smallest absolute Gasteiger partial charge is 0.343 e. The van der Waals surface area contributed by atoms with E-state index in [0.29, 0.717) is 12.0 Å². The number of benzene rings is 3. The van der Waals surface area contributed by atoms with Crippen LogP contribution in [-0.4, -0.2) is 46.0 Å². The van der Waals surface area contributed by atoms with Crippen LogP contribution in [0.3, 0.4) is 0 Å². The first-order chi connectivity index (χ1) is 19.7. The number of halogens is 2. The Bertz CT molecular complexity index is 1570. The van der Waals surface area contributed by atoms with E-state index in [-0.39, 0.29) is 27.8 Å². The summed E-state index contributed by atoms with van der Waals surface area (Å²) in [6.45, 7) is 1.26. The molecule has 0 aromatic heterocycles. The van der Waals surface area contributed by atoms with Gasteiger partial charge in [0, 0.05) is 10.0 Å². The number of ether oxygens (including phenoxy) is 1. The molecular formula is C31H24BrClN2O6. The van der Waals surface area contributed by atoms with Crippen LogP contribution in [0.2, 0.25) is 5.02 Å². The van der Waals surface area contributed by atoms with Gasteiger partial charge in [-0.1, -0.05) is 58.7 Å². The van der Waals surface area contributed by atoms with Gasteiger partial charge < -0.3 is 4.74 Å². The number of Topliss-reactive ketones (excluding diaryl/α,β-unsaturated/α-hetero) is 1. The van der Waals surface area contributed by atoms with Crippen molar-refractivity contribution < 1.29 is 28.7 Å². The second-order valence-electron chi connectivity index (χ2n) is 9.83. The fraction of sp³-hybridized carbons (Fsp3) is 0.194. The van der Waals surface area contributed by atoms with Crippen molar-refractivity contribution in [3.63, 3.8) is 0 Å². The molecule has 10 heteroatoms. The summed E-state index contributed by atoms with van der Waals surface area (Å²) in [6, 6.07) is 18.7. The number of hydrogen-bond acceptors (Lipinski definition) is 6. The lowest BCUT2D eigenvalue weighted by atomic mass is 9.78. The highest BCUT2D eigenvalue weighted by atomic mass is 79.9. The topological polar surface area (TPSA) is 101 Å². The summed E-state index contributed by atoms with van der Waals surface area (Å²) in [5, 5.41) is 1.83. The molecule has 0 saturated carbocycles. The van der Waals surface area contributed by atoms with E-state index >= 15 is 0 Å². The van der Waals surface area contributed by atoms with E-state index in [0.717, 1.165) is 14.5 Å². The van der Waals surface area contributed by atoms with Gasteiger partial charge >= 0.3 is 5.97 Å².